The summed E-state index contributed by atoms with van der Waals surface area (Å²) in [5, 5.41) is 12.7. The number of nitrogens with zero attached hydrogens (tertiary/aromatic N) is 1. The standard InChI is InChI=1S/C22H24N2O4S2/c1-14(2)19(20(26)23-16(13-25)11-15-7-4-3-5-8-15)24-21(27)18(30-22(24)29)12-17-9-6-10-28-17/h3-10,12,14,16,19,25H,11,13H2,1-2H3,(H,23,26). The second-order valence-electron chi connectivity index (χ2n) is 7.33. The minimum absolute atomic E-state index is 0.175. The fourth-order valence-electron chi connectivity index (χ4n) is 3.29. The molecule has 2 amide bonds. The first-order chi connectivity index (χ1) is 14.4. The van der Waals surface area contributed by atoms with E-state index in [2.05, 4.69) is 5.32 Å². The lowest BCUT2D eigenvalue weighted by molar-refractivity contribution is -0.134. The Hall–Kier alpha value is -2.42. The van der Waals surface area contributed by atoms with Gasteiger partial charge in [0.1, 0.15) is 16.1 Å². The SMILES string of the molecule is CC(C)C(C(=O)NC(CO)Cc1ccccc1)N1C(=O)C(=Cc2ccco2)SC1=S. The lowest BCUT2D eigenvalue weighted by Gasteiger charge is -2.30. The molecule has 30 heavy (non-hydrogen) atoms. The van der Waals surface area contributed by atoms with Crippen molar-refractivity contribution in [3.8, 4) is 0 Å². The Bertz CT molecular complexity index is 926. The molecule has 0 saturated carbocycles. The molecule has 0 aliphatic carbocycles. The van der Waals surface area contributed by atoms with Gasteiger partial charge >= 0.3 is 0 Å². The summed E-state index contributed by atoms with van der Waals surface area (Å²) in [6, 6.07) is 11.9. The molecule has 1 aromatic heterocycles. The number of thioether (sulfide) groups is 1. The second-order valence-corrected chi connectivity index (χ2v) is 9.01. The number of carbonyl (C=O) groups excluding carboxylic acids is 2. The van der Waals surface area contributed by atoms with E-state index in [9.17, 15) is 14.7 Å². The van der Waals surface area contributed by atoms with Crippen molar-refractivity contribution in [2.75, 3.05) is 6.61 Å². The molecule has 1 saturated heterocycles. The molecule has 1 aromatic carbocycles. The zero-order valence-corrected chi connectivity index (χ0v) is 18.4. The van der Waals surface area contributed by atoms with E-state index in [-0.39, 0.29) is 24.3 Å². The first-order valence-corrected chi connectivity index (χ1v) is 10.9. The average Bonchev–Trinajstić information content (AvgIpc) is 3.32. The third-order valence-electron chi connectivity index (χ3n) is 4.71. The van der Waals surface area contributed by atoms with Gasteiger partial charge in [-0.05, 0) is 30.0 Å². The highest BCUT2D eigenvalue weighted by Gasteiger charge is 2.42. The highest BCUT2D eigenvalue weighted by molar-refractivity contribution is 8.26. The number of aliphatic hydroxyl groups excluding tert-OH is 1. The van der Waals surface area contributed by atoms with E-state index in [4.69, 9.17) is 16.6 Å². The Morgan fingerprint density at radius 1 is 1.27 bits per heavy atom. The Balaban J connectivity index is 1.76. The molecule has 2 heterocycles. The third kappa shape index (κ3) is 5.19. The van der Waals surface area contributed by atoms with Crippen molar-refractivity contribution in [1.29, 1.82) is 0 Å². The van der Waals surface area contributed by atoms with Crippen LogP contribution >= 0.6 is 24.0 Å². The van der Waals surface area contributed by atoms with E-state index >= 15 is 0 Å². The van der Waals surface area contributed by atoms with Crippen LogP contribution in [0, 0.1) is 5.92 Å². The van der Waals surface area contributed by atoms with Crippen LogP contribution in [-0.2, 0) is 16.0 Å². The van der Waals surface area contributed by atoms with Gasteiger partial charge in [0, 0.05) is 6.08 Å². The van der Waals surface area contributed by atoms with Gasteiger partial charge in [-0.3, -0.25) is 14.5 Å². The summed E-state index contributed by atoms with van der Waals surface area (Å²) >= 11 is 6.57. The van der Waals surface area contributed by atoms with Gasteiger partial charge in [-0.1, -0.05) is 68.2 Å². The van der Waals surface area contributed by atoms with Gasteiger partial charge in [-0.2, -0.15) is 0 Å². The second kappa shape index (κ2) is 10.1. The maximum atomic E-state index is 13.1. The Labute approximate surface area is 185 Å². The van der Waals surface area contributed by atoms with Crippen LogP contribution in [-0.4, -0.2) is 44.8 Å². The maximum absolute atomic E-state index is 13.1. The summed E-state index contributed by atoms with van der Waals surface area (Å²) in [6.45, 7) is 3.52. The number of hydrogen-bond donors (Lipinski definition) is 2. The number of aliphatic hydroxyl groups is 1. The molecule has 2 unspecified atom stereocenters. The summed E-state index contributed by atoms with van der Waals surface area (Å²) in [4.78, 5) is 27.9. The molecule has 6 nitrogen and oxygen atoms in total. The largest absolute Gasteiger partial charge is 0.465 e. The highest BCUT2D eigenvalue weighted by Crippen LogP contribution is 2.35. The lowest BCUT2D eigenvalue weighted by atomic mass is 10.00. The van der Waals surface area contributed by atoms with Crippen molar-refractivity contribution in [2.45, 2.75) is 32.4 Å². The van der Waals surface area contributed by atoms with Crippen molar-refractivity contribution < 1.29 is 19.1 Å². The topological polar surface area (TPSA) is 82.8 Å². The van der Waals surface area contributed by atoms with Crippen molar-refractivity contribution in [2.24, 2.45) is 5.92 Å². The predicted molar refractivity (Wildman–Crippen MR) is 122 cm³/mol. The zero-order valence-electron chi connectivity index (χ0n) is 16.8. The highest BCUT2D eigenvalue weighted by atomic mass is 32.2. The lowest BCUT2D eigenvalue weighted by Crippen LogP contribution is -2.54. The number of carbonyl (C=O) groups is 2. The summed E-state index contributed by atoms with van der Waals surface area (Å²) in [6.07, 6.45) is 3.64. The molecule has 2 atom stereocenters. The zero-order chi connectivity index (χ0) is 21.7. The van der Waals surface area contributed by atoms with Gasteiger partial charge in [0.15, 0.2) is 0 Å². The number of rotatable bonds is 8. The van der Waals surface area contributed by atoms with E-state index < -0.39 is 12.1 Å². The van der Waals surface area contributed by atoms with Crippen LogP contribution in [0.3, 0.4) is 0 Å². The van der Waals surface area contributed by atoms with Gasteiger partial charge < -0.3 is 14.8 Å². The molecule has 8 heteroatoms. The number of furan rings is 1. The van der Waals surface area contributed by atoms with Crippen LogP contribution < -0.4 is 5.32 Å². The van der Waals surface area contributed by atoms with Gasteiger partial charge in [-0.15, -0.1) is 0 Å². The van der Waals surface area contributed by atoms with Crippen LogP contribution in [0.4, 0.5) is 0 Å². The fourth-order valence-corrected chi connectivity index (χ4v) is 4.60. The summed E-state index contributed by atoms with van der Waals surface area (Å²) < 4.78 is 5.61. The fraction of sp³-hybridized carbons (Fsp3) is 0.318. The normalized spacial score (nSPS) is 17.6. The molecule has 158 valence electrons. The van der Waals surface area contributed by atoms with Crippen LogP contribution in [0.25, 0.3) is 6.08 Å². The molecule has 0 radical (unpaired) electrons. The Morgan fingerprint density at radius 3 is 2.60 bits per heavy atom. The van der Waals surface area contributed by atoms with Crippen molar-refractivity contribution in [3.63, 3.8) is 0 Å². The van der Waals surface area contributed by atoms with E-state index in [1.54, 1.807) is 18.2 Å². The van der Waals surface area contributed by atoms with Crippen LogP contribution in [0.15, 0.2) is 58.1 Å². The Kier molecular flexibility index (Phi) is 7.47. The maximum Gasteiger partial charge on any atom is 0.267 e. The molecule has 3 rings (SSSR count). The van der Waals surface area contributed by atoms with E-state index in [0.717, 1.165) is 17.3 Å². The summed E-state index contributed by atoms with van der Waals surface area (Å²) in [5.74, 6) is -0.287. The number of hydrogen-bond acceptors (Lipinski definition) is 6. The molecule has 1 aliphatic rings. The van der Waals surface area contributed by atoms with E-state index in [1.165, 1.54) is 11.2 Å². The summed E-state index contributed by atoms with van der Waals surface area (Å²) in [7, 11) is 0. The van der Waals surface area contributed by atoms with E-state index in [0.29, 0.717) is 21.4 Å². The number of nitrogens with one attached hydrogen (secondary N) is 1. The smallest absolute Gasteiger partial charge is 0.267 e. The summed E-state index contributed by atoms with van der Waals surface area (Å²) in [5.41, 5.74) is 1.00. The number of benzene rings is 1. The molecule has 1 fully saturated rings. The molecule has 0 bridgehead atoms. The van der Waals surface area contributed by atoms with Crippen molar-refractivity contribution in [3.05, 3.63) is 65.0 Å². The minimum Gasteiger partial charge on any atom is -0.465 e. The van der Waals surface area contributed by atoms with Gasteiger partial charge in [0.2, 0.25) is 5.91 Å². The van der Waals surface area contributed by atoms with Gasteiger partial charge in [0.05, 0.1) is 23.8 Å². The molecule has 2 aromatic rings. The minimum atomic E-state index is -0.773. The number of amides is 2. The first kappa shape index (κ1) is 22.3. The van der Waals surface area contributed by atoms with E-state index in [1.807, 2.05) is 44.2 Å². The third-order valence-corrected chi connectivity index (χ3v) is 6.04. The molecule has 0 spiro atoms. The molecule has 2 N–H and O–H groups in total. The van der Waals surface area contributed by atoms with Crippen LogP contribution in [0.1, 0.15) is 25.2 Å². The van der Waals surface area contributed by atoms with Crippen molar-refractivity contribution >= 4 is 46.2 Å². The molecule has 1 aliphatic heterocycles. The molecular formula is C22H24N2O4S2. The average molecular weight is 445 g/mol. The van der Waals surface area contributed by atoms with Gasteiger partial charge in [0.25, 0.3) is 5.91 Å². The monoisotopic (exact) mass is 444 g/mol. The predicted octanol–water partition coefficient (Wildman–Crippen LogP) is 3.23. The molecular weight excluding hydrogens is 420 g/mol. The van der Waals surface area contributed by atoms with Crippen LogP contribution in [0.2, 0.25) is 0 Å². The van der Waals surface area contributed by atoms with Crippen molar-refractivity contribution in [1.82, 2.24) is 10.2 Å². The van der Waals surface area contributed by atoms with Crippen LogP contribution in [0.5, 0.6) is 0 Å². The quantitative estimate of drug-likeness (QED) is 0.481. The van der Waals surface area contributed by atoms with Gasteiger partial charge in [-0.25, -0.2) is 0 Å². The first-order valence-electron chi connectivity index (χ1n) is 9.66. The Morgan fingerprint density at radius 2 is 2.00 bits per heavy atom. The number of thiocarbonyl (C=S) groups is 1.